The third-order valence-corrected chi connectivity index (χ3v) is 8.06. The highest BCUT2D eigenvalue weighted by Gasteiger charge is 2.19. The highest BCUT2D eigenvalue weighted by Crippen LogP contribution is 2.13. The van der Waals surface area contributed by atoms with E-state index in [0.29, 0.717) is 36.8 Å². The van der Waals surface area contributed by atoms with E-state index in [1.807, 2.05) is 6.92 Å². The van der Waals surface area contributed by atoms with Crippen LogP contribution in [-0.4, -0.2) is 72.1 Å². The molecule has 236 valence electrons. The first-order valence-corrected chi connectivity index (χ1v) is 16.4. The number of hydrogen-bond acceptors (Lipinski definition) is 9. The molecule has 3 unspecified atom stereocenters. The average molecular weight is 632 g/mol. The predicted molar refractivity (Wildman–Crippen MR) is 157 cm³/mol. The molecule has 0 spiro atoms. The van der Waals surface area contributed by atoms with E-state index in [1.165, 1.54) is 7.11 Å². The molecule has 0 aliphatic heterocycles. The number of esters is 1. The predicted octanol–water partition coefficient (Wildman–Crippen LogP) is 3.14. The van der Waals surface area contributed by atoms with E-state index < -0.39 is 37.1 Å². The Morgan fingerprint density at radius 3 is 1.52 bits per heavy atom. The Bertz CT molecular complexity index is 1330. The lowest BCUT2D eigenvalue weighted by atomic mass is 10.1. The number of ether oxygens (including phenoxy) is 1. The van der Waals surface area contributed by atoms with Crippen molar-refractivity contribution < 1.29 is 50.5 Å². The van der Waals surface area contributed by atoms with Crippen molar-refractivity contribution in [2.24, 2.45) is 0 Å². The number of rotatable bonds is 15. The van der Waals surface area contributed by atoms with Crippen molar-refractivity contribution in [3.8, 4) is 0 Å². The molecular weight excluding hydrogens is 590 g/mol. The molecule has 0 saturated heterocycles. The van der Waals surface area contributed by atoms with E-state index in [-0.39, 0.29) is 24.8 Å². The summed E-state index contributed by atoms with van der Waals surface area (Å²) in [5.41, 5.74) is -0.644. The van der Waals surface area contributed by atoms with Crippen LogP contribution in [0.3, 0.4) is 0 Å². The van der Waals surface area contributed by atoms with E-state index >= 15 is 0 Å². The Labute approximate surface area is 247 Å². The number of nitrogens with one attached hydrogen (secondary N) is 1. The minimum atomic E-state index is -4.39. The lowest BCUT2D eigenvalue weighted by molar-refractivity contribution is 0.0600. The fourth-order valence-electron chi connectivity index (χ4n) is 3.82. The number of carbonyl (C=O) groups excluding carboxylic acids is 2. The molecule has 5 N–H and O–H groups in total. The van der Waals surface area contributed by atoms with Crippen LogP contribution in [0.1, 0.15) is 84.2 Å². The van der Waals surface area contributed by atoms with Gasteiger partial charge in [0.2, 0.25) is 0 Å². The van der Waals surface area contributed by atoms with Gasteiger partial charge in [-0.25, -0.2) is 4.79 Å². The number of aliphatic hydroxyl groups excluding tert-OH is 2. The molecule has 0 aliphatic carbocycles. The van der Waals surface area contributed by atoms with Crippen molar-refractivity contribution in [3.05, 3.63) is 70.8 Å². The van der Waals surface area contributed by atoms with Crippen molar-refractivity contribution in [1.82, 2.24) is 5.32 Å². The quantitative estimate of drug-likeness (QED) is 0.143. The third-order valence-electron chi connectivity index (χ3n) is 6.21. The molecule has 0 bridgehead atoms. The van der Waals surface area contributed by atoms with Crippen LogP contribution in [-0.2, 0) is 37.8 Å². The number of aliphatic hydroxyl groups is 2. The largest absolute Gasteiger partial charge is 0.465 e. The van der Waals surface area contributed by atoms with Crippen LogP contribution >= 0.6 is 0 Å². The highest BCUT2D eigenvalue weighted by molar-refractivity contribution is 7.86. The Hall–Kier alpha value is -2.88. The van der Waals surface area contributed by atoms with Gasteiger partial charge >= 0.3 is 5.97 Å². The van der Waals surface area contributed by atoms with Crippen LogP contribution in [0.15, 0.2) is 48.5 Å². The second-order valence-electron chi connectivity index (χ2n) is 9.77. The maximum absolute atomic E-state index is 12.0. The van der Waals surface area contributed by atoms with E-state index in [0.717, 1.165) is 24.0 Å². The van der Waals surface area contributed by atoms with Gasteiger partial charge in [0.15, 0.2) is 10.9 Å². The number of carbonyl (C=O) groups is 2. The van der Waals surface area contributed by atoms with Crippen LogP contribution in [0.2, 0.25) is 0 Å². The summed E-state index contributed by atoms with van der Waals surface area (Å²) in [6.45, 7) is 4.03. The Balaban J connectivity index is 0.000000428. The van der Waals surface area contributed by atoms with Crippen molar-refractivity contribution >= 4 is 32.1 Å². The summed E-state index contributed by atoms with van der Waals surface area (Å²) < 4.78 is 64.3. The summed E-state index contributed by atoms with van der Waals surface area (Å²) in [5.74, 6) is -0.535. The smallest absolute Gasteiger partial charge is 0.337 e. The molecule has 2 aromatic rings. The minimum Gasteiger partial charge on any atom is -0.465 e. The second kappa shape index (κ2) is 17.9. The Kier molecular flexibility index (Phi) is 15.9. The maximum Gasteiger partial charge on any atom is 0.337 e. The van der Waals surface area contributed by atoms with Gasteiger partial charge in [-0.1, -0.05) is 37.6 Å². The zero-order valence-electron chi connectivity index (χ0n) is 24.0. The van der Waals surface area contributed by atoms with E-state index in [2.05, 4.69) is 17.0 Å². The molecule has 1 amide bonds. The van der Waals surface area contributed by atoms with Gasteiger partial charge in [0.05, 0.1) is 12.7 Å². The average Bonchev–Trinajstić information content (AvgIpc) is 2.92. The van der Waals surface area contributed by atoms with Crippen LogP contribution in [0.4, 0.5) is 0 Å². The summed E-state index contributed by atoms with van der Waals surface area (Å²) in [6.07, 6.45) is 3.77. The standard InChI is InChI=1S/C16H25NO5S.C12H16O6S/c1-3-5-12(2)17-16(19)14-10-8-13(9-11-14)6-4-7-15(18)23(20,21)22;1-18-12(14)10-7-5-9(6-8-10)3-2-4-11(13)19(15,16)17/h8-12,15,18H,3-7H2,1-2H3,(H,17,19)(H,20,21,22);5-8,11,13H,2-4H2,1H3,(H,15,16,17). The van der Waals surface area contributed by atoms with Gasteiger partial charge in [0.25, 0.3) is 26.1 Å². The lowest BCUT2D eigenvalue weighted by Gasteiger charge is -2.13. The molecule has 0 saturated carbocycles. The fourth-order valence-corrected chi connectivity index (χ4v) is 4.75. The molecular formula is C28H41NO11S2. The molecule has 12 nitrogen and oxygen atoms in total. The number of hydrogen-bond donors (Lipinski definition) is 5. The third kappa shape index (κ3) is 14.3. The summed E-state index contributed by atoms with van der Waals surface area (Å²) in [7, 11) is -7.47. The molecule has 2 aromatic carbocycles. The first-order valence-electron chi connectivity index (χ1n) is 13.4. The molecule has 0 aliphatic rings. The number of aryl methyl sites for hydroxylation is 2. The first kappa shape index (κ1) is 37.1. The highest BCUT2D eigenvalue weighted by atomic mass is 32.2. The monoisotopic (exact) mass is 631 g/mol. The van der Waals surface area contributed by atoms with Gasteiger partial charge in [0.1, 0.15) is 0 Å². The van der Waals surface area contributed by atoms with Gasteiger partial charge in [-0.2, -0.15) is 16.8 Å². The lowest BCUT2D eigenvalue weighted by Crippen LogP contribution is -2.32. The maximum atomic E-state index is 12.0. The number of benzene rings is 2. The molecule has 0 aromatic heterocycles. The van der Waals surface area contributed by atoms with E-state index in [1.54, 1.807) is 48.5 Å². The van der Waals surface area contributed by atoms with Crippen molar-refractivity contribution in [2.75, 3.05) is 7.11 Å². The number of methoxy groups -OCH3 is 1. The first-order chi connectivity index (χ1) is 19.6. The van der Waals surface area contributed by atoms with Crippen molar-refractivity contribution in [3.63, 3.8) is 0 Å². The molecule has 3 atom stereocenters. The fraction of sp³-hybridized carbons (Fsp3) is 0.500. The molecule has 14 heteroatoms. The van der Waals surface area contributed by atoms with Gasteiger partial charge < -0.3 is 20.3 Å². The Morgan fingerprint density at radius 1 is 0.762 bits per heavy atom. The van der Waals surface area contributed by atoms with Crippen LogP contribution < -0.4 is 5.32 Å². The van der Waals surface area contributed by atoms with Gasteiger partial charge in [-0.05, 0) is 87.3 Å². The molecule has 2 rings (SSSR count). The van der Waals surface area contributed by atoms with E-state index in [4.69, 9.17) is 14.2 Å². The normalized spacial score (nSPS) is 13.7. The summed E-state index contributed by atoms with van der Waals surface area (Å²) in [4.78, 5) is 23.2. The van der Waals surface area contributed by atoms with Crippen LogP contribution in [0, 0.1) is 0 Å². The Morgan fingerprint density at radius 2 is 1.17 bits per heavy atom. The molecule has 42 heavy (non-hydrogen) atoms. The van der Waals surface area contributed by atoms with Gasteiger partial charge in [-0.3, -0.25) is 13.9 Å². The molecule has 0 heterocycles. The summed E-state index contributed by atoms with van der Waals surface area (Å²) in [5, 5.41) is 21.3. The summed E-state index contributed by atoms with van der Waals surface area (Å²) >= 11 is 0. The van der Waals surface area contributed by atoms with Gasteiger partial charge in [0, 0.05) is 11.6 Å². The topological polar surface area (TPSA) is 205 Å². The van der Waals surface area contributed by atoms with E-state index in [9.17, 15) is 31.5 Å². The van der Waals surface area contributed by atoms with Crippen molar-refractivity contribution in [1.29, 1.82) is 0 Å². The summed E-state index contributed by atoms with van der Waals surface area (Å²) in [6, 6.07) is 13.9. The van der Waals surface area contributed by atoms with Crippen LogP contribution in [0.25, 0.3) is 0 Å². The molecule has 0 radical (unpaired) electrons. The SMILES string of the molecule is CCCC(C)NC(=O)c1ccc(CCCC(O)S(=O)(=O)O)cc1.COC(=O)c1ccc(CCCC(O)S(=O)(=O)O)cc1. The van der Waals surface area contributed by atoms with Crippen LogP contribution in [0.5, 0.6) is 0 Å². The van der Waals surface area contributed by atoms with Crippen molar-refractivity contribution in [2.45, 2.75) is 82.1 Å². The van der Waals surface area contributed by atoms with Gasteiger partial charge in [-0.15, -0.1) is 0 Å². The zero-order valence-corrected chi connectivity index (χ0v) is 25.6. The second-order valence-corrected chi connectivity index (χ2v) is 12.9. The minimum absolute atomic E-state index is 0.0321. The zero-order chi connectivity index (χ0) is 31.9. The number of amides is 1. The molecule has 0 fully saturated rings.